The Bertz CT molecular complexity index is 376. The summed E-state index contributed by atoms with van der Waals surface area (Å²) in [7, 11) is 0. The molecule has 0 unspecified atom stereocenters. The molecule has 1 fully saturated rings. The first-order valence-electron chi connectivity index (χ1n) is 3.65. The number of carbonyl (C=O) groups excluding carboxylic acids is 2. The van der Waals surface area contributed by atoms with Gasteiger partial charge in [-0.2, -0.15) is 5.21 Å². The van der Waals surface area contributed by atoms with Gasteiger partial charge in [0, 0.05) is 0 Å². The Labute approximate surface area is 77.0 Å². The summed E-state index contributed by atoms with van der Waals surface area (Å²) in [4.78, 5) is 25.2. The smallest absolute Gasteiger partial charge is 0.288 e. The van der Waals surface area contributed by atoms with Crippen molar-refractivity contribution in [2.24, 2.45) is 4.99 Å². The molecule has 1 aromatic heterocycles. The molecule has 72 valence electrons. The first-order valence-corrected chi connectivity index (χ1v) is 3.65. The summed E-state index contributed by atoms with van der Waals surface area (Å²) < 4.78 is 0. The van der Waals surface area contributed by atoms with Gasteiger partial charge in [0.05, 0.1) is 0 Å². The molecule has 1 aliphatic rings. The number of tetrazole rings is 1. The second kappa shape index (κ2) is 3.20. The minimum Gasteiger partial charge on any atom is -0.288 e. The van der Waals surface area contributed by atoms with E-state index in [2.05, 4.69) is 36.3 Å². The summed E-state index contributed by atoms with van der Waals surface area (Å²) in [5, 5.41) is 17.3. The van der Waals surface area contributed by atoms with Gasteiger partial charge in [0.15, 0.2) is 5.82 Å². The van der Waals surface area contributed by atoms with Crippen molar-refractivity contribution >= 4 is 17.8 Å². The van der Waals surface area contributed by atoms with E-state index < -0.39 is 11.8 Å². The summed E-state index contributed by atoms with van der Waals surface area (Å²) >= 11 is 0. The molecular formula is C5H5N7O2. The number of H-pyrrole nitrogens is 1. The van der Waals surface area contributed by atoms with E-state index in [1.54, 1.807) is 0 Å². The molecule has 9 nitrogen and oxygen atoms in total. The molecule has 2 amide bonds. The van der Waals surface area contributed by atoms with E-state index in [-0.39, 0.29) is 12.5 Å². The van der Waals surface area contributed by atoms with E-state index >= 15 is 0 Å². The number of aliphatic imine (C=N–C) groups is 1. The minimum atomic E-state index is -0.725. The normalized spacial score (nSPS) is 15.3. The first kappa shape index (κ1) is 8.29. The van der Waals surface area contributed by atoms with Crippen molar-refractivity contribution in [1.29, 1.82) is 0 Å². The van der Waals surface area contributed by atoms with Gasteiger partial charge in [0.2, 0.25) is 5.96 Å². The predicted octanol–water partition coefficient (Wildman–Crippen LogP) is -2.70. The molecule has 1 aromatic rings. The van der Waals surface area contributed by atoms with Gasteiger partial charge in [-0.3, -0.25) is 20.2 Å². The van der Waals surface area contributed by atoms with Gasteiger partial charge < -0.3 is 0 Å². The van der Waals surface area contributed by atoms with Crippen LogP contribution in [0.4, 0.5) is 0 Å². The predicted molar refractivity (Wildman–Crippen MR) is 41.6 cm³/mol. The fourth-order valence-electron chi connectivity index (χ4n) is 0.838. The van der Waals surface area contributed by atoms with Crippen molar-refractivity contribution < 1.29 is 9.59 Å². The molecule has 1 saturated heterocycles. The quantitative estimate of drug-likeness (QED) is 0.443. The molecule has 14 heavy (non-hydrogen) atoms. The Hall–Kier alpha value is -2.32. The van der Waals surface area contributed by atoms with Crippen LogP contribution in [0.15, 0.2) is 4.99 Å². The molecule has 1 aliphatic heterocycles. The van der Waals surface area contributed by atoms with Crippen LogP contribution in [0.3, 0.4) is 0 Å². The lowest BCUT2D eigenvalue weighted by Gasteiger charge is -1.92. The van der Waals surface area contributed by atoms with Crippen molar-refractivity contribution in [3.63, 3.8) is 0 Å². The van der Waals surface area contributed by atoms with Crippen LogP contribution >= 0.6 is 0 Å². The topological polar surface area (TPSA) is 125 Å². The summed E-state index contributed by atoms with van der Waals surface area (Å²) in [5.74, 6) is -0.980. The molecule has 0 atom stereocenters. The molecule has 2 heterocycles. The Morgan fingerprint density at radius 3 is 2.50 bits per heavy atom. The highest BCUT2D eigenvalue weighted by Crippen LogP contribution is 1.89. The largest absolute Gasteiger partial charge is 0.316 e. The second-order valence-electron chi connectivity index (χ2n) is 2.40. The van der Waals surface area contributed by atoms with Gasteiger partial charge in [-0.15, -0.1) is 10.2 Å². The third-order valence-corrected chi connectivity index (χ3v) is 1.44. The van der Waals surface area contributed by atoms with E-state index in [1.165, 1.54) is 0 Å². The van der Waals surface area contributed by atoms with Crippen molar-refractivity contribution in [2.75, 3.05) is 0 Å². The van der Waals surface area contributed by atoms with Gasteiger partial charge >= 0.3 is 11.8 Å². The number of hydrogen-bond donors (Lipinski definition) is 3. The molecular weight excluding hydrogens is 190 g/mol. The van der Waals surface area contributed by atoms with Gasteiger partial charge in [0.25, 0.3) is 0 Å². The van der Waals surface area contributed by atoms with Crippen LogP contribution in [0.2, 0.25) is 0 Å². The maximum Gasteiger partial charge on any atom is 0.316 e. The Morgan fingerprint density at radius 1 is 1.21 bits per heavy atom. The Morgan fingerprint density at radius 2 is 1.93 bits per heavy atom. The number of amides is 2. The van der Waals surface area contributed by atoms with E-state index in [0.29, 0.717) is 5.82 Å². The van der Waals surface area contributed by atoms with Crippen LogP contribution in [-0.4, -0.2) is 38.4 Å². The Kier molecular flexibility index (Phi) is 1.89. The van der Waals surface area contributed by atoms with E-state index in [0.717, 1.165) is 0 Å². The zero-order valence-corrected chi connectivity index (χ0v) is 6.81. The van der Waals surface area contributed by atoms with Gasteiger partial charge in [0.1, 0.15) is 6.54 Å². The van der Waals surface area contributed by atoms with Crippen molar-refractivity contribution in [3.05, 3.63) is 5.82 Å². The van der Waals surface area contributed by atoms with Gasteiger partial charge in [-0.1, -0.05) is 5.21 Å². The Balaban J connectivity index is 2.00. The number of aromatic nitrogens is 4. The van der Waals surface area contributed by atoms with E-state index in [4.69, 9.17) is 0 Å². The second-order valence-corrected chi connectivity index (χ2v) is 2.40. The van der Waals surface area contributed by atoms with E-state index in [9.17, 15) is 9.59 Å². The highest BCUT2D eigenvalue weighted by atomic mass is 16.2. The third kappa shape index (κ3) is 1.55. The lowest BCUT2D eigenvalue weighted by Crippen LogP contribution is -2.25. The maximum absolute atomic E-state index is 10.7. The third-order valence-electron chi connectivity index (χ3n) is 1.44. The molecule has 0 bridgehead atoms. The van der Waals surface area contributed by atoms with Crippen LogP contribution in [0.5, 0.6) is 0 Å². The van der Waals surface area contributed by atoms with Gasteiger partial charge in [-0.25, -0.2) is 4.99 Å². The molecule has 2 rings (SSSR count). The maximum atomic E-state index is 10.7. The monoisotopic (exact) mass is 195 g/mol. The average molecular weight is 195 g/mol. The lowest BCUT2D eigenvalue weighted by atomic mass is 10.6. The zero-order valence-electron chi connectivity index (χ0n) is 6.81. The van der Waals surface area contributed by atoms with Crippen LogP contribution in [0, 0.1) is 0 Å². The first-order chi connectivity index (χ1) is 6.75. The summed E-state index contributed by atoms with van der Waals surface area (Å²) in [6.07, 6.45) is 0. The standard InChI is InChI=1S/C5H5N7O2/c13-3-4(14)8-5(7-3)6-1-2-9-11-12-10-2/h1H2,(H,9,10,11,12)(H2,6,7,8,13,14). The number of rotatable bonds is 2. The molecule has 0 radical (unpaired) electrons. The number of hydrogen-bond acceptors (Lipinski definition) is 6. The van der Waals surface area contributed by atoms with Crippen molar-refractivity contribution in [2.45, 2.75) is 6.54 Å². The fraction of sp³-hybridized carbons (Fsp3) is 0.200. The highest BCUT2D eigenvalue weighted by molar-refractivity contribution is 6.45. The minimum absolute atomic E-state index is 0.102. The number of nitrogens with one attached hydrogen (secondary N) is 3. The van der Waals surface area contributed by atoms with Gasteiger partial charge in [-0.05, 0) is 0 Å². The lowest BCUT2D eigenvalue weighted by molar-refractivity contribution is -0.135. The molecule has 9 heteroatoms. The summed E-state index contributed by atoms with van der Waals surface area (Å²) in [6.45, 7) is 0.131. The number of guanidine groups is 1. The number of carbonyl (C=O) groups is 2. The van der Waals surface area contributed by atoms with Crippen molar-refractivity contribution in [3.8, 4) is 0 Å². The van der Waals surface area contributed by atoms with Crippen LogP contribution in [0.25, 0.3) is 0 Å². The van der Waals surface area contributed by atoms with Crippen molar-refractivity contribution in [1.82, 2.24) is 31.3 Å². The molecule has 0 aliphatic carbocycles. The highest BCUT2D eigenvalue weighted by Gasteiger charge is 2.24. The molecule has 3 N–H and O–H groups in total. The van der Waals surface area contributed by atoms with E-state index in [1.807, 2.05) is 0 Å². The molecule has 0 aromatic carbocycles. The SMILES string of the molecule is O=C1NC(=NCc2nn[nH]n2)NC1=O. The molecule has 0 saturated carbocycles. The van der Waals surface area contributed by atoms with Crippen LogP contribution in [0.1, 0.15) is 5.82 Å². The number of nitrogens with zero attached hydrogens (tertiary/aromatic N) is 4. The molecule has 0 spiro atoms. The summed E-state index contributed by atoms with van der Waals surface area (Å²) in [5.41, 5.74) is 0. The number of aromatic amines is 1. The summed E-state index contributed by atoms with van der Waals surface area (Å²) in [6, 6.07) is 0. The van der Waals surface area contributed by atoms with Crippen LogP contribution in [-0.2, 0) is 16.1 Å². The average Bonchev–Trinajstić information content (AvgIpc) is 2.74. The fourth-order valence-corrected chi connectivity index (χ4v) is 0.838. The zero-order chi connectivity index (χ0) is 9.97. The van der Waals surface area contributed by atoms with Crippen LogP contribution < -0.4 is 10.6 Å².